The number of hydrogen-bond acceptors (Lipinski definition) is 4. The number of hydrogen-bond donors (Lipinski definition) is 1. The van der Waals surface area contributed by atoms with Crippen LogP contribution in [0.15, 0.2) is 12.5 Å². The second-order valence-electron chi connectivity index (χ2n) is 2.32. The fraction of sp³-hybridized carbons (Fsp3) is 0. The van der Waals surface area contributed by atoms with Crippen molar-refractivity contribution in [3.8, 4) is 5.88 Å². The van der Waals surface area contributed by atoms with Crippen molar-refractivity contribution in [1.82, 2.24) is 15.0 Å². The first-order valence-electron chi connectivity index (χ1n) is 3.34. The Labute approximate surface area is 77.0 Å². The van der Waals surface area contributed by atoms with Gasteiger partial charge < -0.3 is 5.11 Å². The van der Waals surface area contributed by atoms with Gasteiger partial charge in [-0.25, -0.2) is 19.3 Å². The minimum Gasteiger partial charge on any atom is -0.493 e. The van der Waals surface area contributed by atoms with Crippen LogP contribution in [0, 0.1) is 5.82 Å². The summed E-state index contributed by atoms with van der Waals surface area (Å²) in [6.07, 6.45) is 2.27. The summed E-state index contributed by atoms with van der Waals surface area (Å²) in [4.78, 5) is 10.6. The number of pyridine rings is 1. The predicted molar refractivity (Wildman–Crippen MR) is 44.0 cm³/mol. The van der Waals surface area contributed by atoms with Crippen molar-refractivity contribution in [2.75, 3.05) is 0 Å². The van der Waals surface area contributed by atoms with Gasteiger partial charge in [-0.1, -0.05) is 11.6 Å². The van der Waals surface area contributed by atoms with Gasteiger partial charge in [-0.05, 0) is 0 Å². The van der Waals surface area contributed by atoms with Gasteiger partial charge in [-0.3, -0.25) is 0 Å². The fourth-order valence-electron chi connectivity index (χ4n) is 0.956. The van der Waals surface area contributed by atoms with Crippen LogP contribution in [0.5, 0.6) is 5.88 Å². The molecule has 0 saturated heterocycles. The van der Waals surface area contributed by atoms with E-state index in [1.807, 2.05) is 0 Å². The molecule has 4 nitrogen and oxygen atoms in total. The Morgan fingerprint density at radius 3 is 2.85 bits per heavy atom. The first kappa shape index (κ1) is 8.12. The highest BCUT2D eigenvalue weighted by molar-refractivity contribution is 6.30. The SMILES string of the molecule is Oc1ncnc2c(F)c(Cl)ncc12. The zero-order chi connectivity index (χ0) is 9.42. The molecule has 66 valence electrons. The van der Waals surface area contributed by atoms with Crippen LogP contribution >= 0.6 is 11.6 Å². The average molecular weight is 200 g/mol. The monoisotopic (exact) mass is 199 g/mol. The standard InChI is InChI=1S/C7H3ClFN3O/c8-6-4(9)5-3(1-10-6)7(13)12-2-11-5/h1-2H,(H,11,12,13). The molecule has 1 N–H and O–H groups in total. The Bertz CT molecular complexity index is 476. The third-order valence-electron chi connectivity index (χ3n) is 1.56. The molecule has 0 fully saturated rings. The number of aromatic nitrogens is 3. The Hall–Kier alpha value is -1.49. The summed E-state index contributed by atoms with van der Waals surface area (Å²) in [5.41, 5.74) is -0.0347. The van der Waals surface area contributed by atoms with Crippen molar-refractivity contribution >= 4 is 22.5 Å². The molecule has 0 saturated carbocycles. The van der Waals surface area contributed by atoms with Gasteiger partial charge in [-0.2, -0.15) is 0 Å². The molecule has 2 rings (SSSR count). The molecule has 0 amide bonds. The average Bonchev–Trinajstić information content (AvgIpc) is 2.12. The van der Waals surface area contributed by atoms with E-state index in [0.717, 1.165) is 6.33 Å². The lowest BCUT2D eigenvalue weighted by molar-refractivity contribution is 0.458. The van der Waals surface area contributed by atoms with E-state index in [0.29, 0.717) is 0 Å². The van der Waals surface area contributed by atoms with E-state index in [4.69, 9.17) is 11.6 Å². The smallest absolute Gasteiger partial charge is 0.223 e. The maximum Gasteiger partial charge on any atom is 0.223 e. The van der Waals surface area contributed by atoms with Crippen molar-refractivity contribution in [2.24, 2.45) is 0 Å². The molecule has 0 aliphatic heterocycles. The van der Waals surface area contributed by atoms with Crippen molar-refractivity contribution in [3.63, 3.8) is 0 Å². The van der Waals surface area contributed by atoms with Crippen molar-refractivity contribution < 1.29 is 9.50 Å². The maximum absolute atomic E-state index is 13.2. The van der Waals surface area contributed by atoms with Gasteiger partial charge in [0.2, 0.25) is 5.88 Å². The van der Waals surface area contributed by atoms with E-state index in [9.17, 15) is 9.50 Å². The summed E-state index contributed by atoms with van der Waals surface area (Å²) in [6.45, 7) is 0. The van der Waals surface area contributed by atoms with Crippen LogP contribution in [0.4, 0.5) is 4.39 Å². The Kier molecular flexibility index (Phi) is 1.73. The van der Waals surface area contributed by atoms with E-state index < -0.39 is 5.82 Å². The lowest BCUT2D eigenvalue weighted by atomic mass is 10.3. The highest BCUT2D eigenvalue weighted by atomic mass is 35.5. The molecular weight excluding hydrogens is 197 g/mol. The second kappa shape index (κ2) is 2.77. The molecule has 0 bridgehead atoms. The molecule has 0 atom stereocenters. The Balaban J connectivity index is 2.94. The molecule has 0 spiro atoms. The molecule has 0 aliphatic rings. The van der Waals surface area contributed by atoms with Gasteiger partial charge in [0.1, 0.15) is 11.8 Å². The molecule has 2 aromatic heterocycles. The predicted octanol–water partition coefficient (Wildman–Crippen LogP) is 1.52. The van der Waals surface area contributed by atoms with Crippen LogP contribution in [-0.4, -0.2) is 20.1 Å². The summed E-state index contributed by atoms with van der Waals surface area (Å²) >= 11 is 5.41. The molecule has 2 aromatic rings. The van der Waals surface area contributed by atoms with Gasteiger partial charge in [0.25, 0.3) is 0 Å². The van der Waals surface area contributed by atoms with Crippen molar-refractivity contribution in [3.05, 3.63) is 23.5 Å². The minimum absolute atomic E-state index is 0.0347. The number of rotatable bonds is 0. The molecular formula is C7H3ClFN3O. The van der Waals surface area contributed by atoms with Crippen LogP contribution in [0.3, 0.4) is 0 Å². The number of aromatic hydroxyl groups is 1. The Morgan fingerprint density at radius 2 is 2.08 bits per heavy atom. The van der Waals surface area contributed by atoms with Crippen LogP contribution in [-0.2, 0) is 0 Å². The first-order valence-corrected chi connectivity index (χ1v) is 3.71. The fourth-order valence-corrected chi connectivity index (χ4v) is 1.09. The van der Waals surface area contributed by atoms with Crippen LogP contribution in [0.2, 0.25) is 5.15 Å². The first-order chi connectivity index (χ1) is 6.20. The van der Waals surface area contributed by atoms with Gasteiger partial charge >= 0.3 is 0 Å². The van der Waals surface area contributed by atoms with Gasteiger partial charge in [0, 0.05) is 6.20 Å². The largest absolute Gasteiger partial charge is 0.493 e. The van der Waals surface area contributed by atoms with Crippen molar-refractivity contribution in [2.45, 2.75) is 0 Å². The van der Waals surface area contributed by atoms with E-state index in [2.05, 4.69) is 15.0 Å². The third-order valence-corrected chi connectivity index (χ3v) is 1.82. The van der Waals surface area contributed by atoms with Gasteiger partial charge in [0.05, 0.1) is 5.39 Å². The normalized spacial score (nSPS) is 10.6. The van der Waals surface area contributed by atoms with E-state index >= 15 is 0 Å². The number of nitrogens with zero attached hydrogens (tertiary/aromatic N) is 3. The molecule has 0 aliphatic carbocycles. The number of halogens is 2. The lowest BCUT2D eigenvalue weighted by Gasteiger charge is -1.99. The topological polar surface area (TPSA) is 58.9 Å². The van der Waals surface area contributed by atoms with E-state index in [1.54, 1.807) is 0 Å². The van der Waals surface area contributed by atoms with E-state index in [1.165, 1.54) is 6.20 Å². The molecule has 13 heavy (non-hydrogen) atoms. The molecule has 6 heteroatoms. The van der Waals surface area contributed by atoms with Crippen molar-refractivity contribution in [1.29, 1.82) is 0 Å². The second-order valence-corrected chi connectivity index (χ2v) is 2.68. The van der Waals surface area contributed by atoms with Gasteiger partial charge in [0.15, 0.2) is 11.0 Å². The lowest BCUT2D eigenvalue weighted by Crippen LogP contribution is -1.90. The maximum atomic E-state index is 13.2. The summed E-state index contributed by atoms with van der Waals surface area (Å²) in [7, 11) is 0. The zero-order valence-corrected chi connectivity index (χ0v) is 6.96. The van der Waals surface area contributed by atoms with Crippen LogP contribution in [0.25, 0.3) is 10.9 Å². The summed E-state index contributed by atoms with van der Waals surface area (Å²) in [6, 6.07) is 0. The summed E-state index contributed by atoms with van der Waals surface area (Å²) in [5, 5.41) is 9.06. The Morgan fingerprint density at radius 1 is 1.31 bits per heavy atom. The molecule has 0 aromatic carbocycles. The molecule has 0 unspecified atom stereocenters. The molecule has 2 heterocycles. The highest BCUT2D eigenvalue weighted by Gasteiger charge is 2.10. The zero-order valence-electron chi connectivity index (χ0n) is 6.20. The van der Waals surface area contributed by atoms with Gasteiger partial charge in [-0.15, -0.1) is 0 Å². The van der Waals surface area contributed by atoms with Crippen LogP contribution in [0.1, 0.15) is 0 Å². The highest BCUT2D eigenvalue weighted by Crippen LogP contribution is 2.24. The summed E-state index contributed by atoms with van der Waals surface area (Å²) in [5.74, 6) is -1.06. The minimum atomic E-state index is -0.753. The molecule has 0 radical (unpaired) electrons. The van der Waals surface area contributed by atoms with E-state index in [-0.39, 0.29) is 21.9 Å². The third kappa shape index (κ3) is 1.17. The number of fused-ring (bicyclic) bond motifs is 1. The van der Waals surface area contributed by atoms with Crippen LogP contribution < -0.4 is 0 Å². The summed E-state index contributed by atoms with van der Waals surface area (Å²) < 4.78 is 13.2. The quantitative estimate of drug-likeness (QED) is 0.654.